The van der Waals surface area contributed by atoms with Crippen molar-refractivity contribution in [3.8, 4) is 0 Å². The molecule has 1 saturated heterocycles. The highest BCUT2D eigenvalue weighted by molar-refractivity contribution is 9.10. The zero-order chi connectivity index (χ0) is 17.2. The van der Waals surface area contributed by atoms with Gasteiger partial charge in [-0.3, -0.25) is 4.79 Å². The standard InChI is InChI=1S/C15H23BrN4O3/c1-15(2,3)23-14(22)20-7-5-6-19(8-9-20)11-10-17-18(4)13(21)12(11)16/h10H,5-9H2,1-4H3. The van der Waals surface area contributed by atoms with Gasteiger partial charge in [0.2, 0.25) is 0 Å². The van der Waals surface area contributed by atoms with Crippen molar-refractivity contribution in [1.82, 2.24) is 14.7 Å². The molecule has 1 fully saturated rings. The van der Waals surface area contributed by atoms with Crippen molar-refractivity contribution in [1.29, 1.82) is 0 Å². The molecule has 0 bridgehead atoms. The Bertz CT molecular complexity index is 639. The molecule has 1 aliphatic rings. The SMILES string of the molecule is Cn1ncc(N2CCCN(C(=O)OC(C)(C)C)CC2)c(Br)c1=O. The molecule has 0 aliphatic carbocycles. The molecule has 0 atom stereocenters. The minimum absolute atomic E-state index is 0.171. The highest BCUT2D eigenvalue weighted by Gasteiger charge is 2.25. The van der Waals surface area contributed by atoms with Gasteiger partial charge in [0.1, 0.15) is 10.1 Å². The van der Waals surface area contributed by atoms with Crippen molar-refractivity contribution in [2.45, 2.75) is 32.8 Å². The average molecular weight is 387 g/mol. The number of hydrogen-bond acceptors (Lipinski definition) is 5. The third kappa shape index (κ3) is 4.46. The maximum absolute atomic E-state index is 12.2. The highest BCUT2D eigenvalue weighted by Crippen LogP contribution is 2.23. The molecule has 1 aromatic rings. The van der Waals surface area contributed by atoms with Crippen LogP contribution in [0.2, 0.25) is 0 Å². The number of aryl methyl sites for hydroxylation is 1. The van der Waals surface area contributed by atoms with Crippen LogP contribution in [-0.2, 0) is 11.8 Å². The Morgan fingerprint density at radius 1 is 1.26 bits per heavy atom. The number of nitrogens with zero attached hydrogens (tertiary/aromatic N) is 4. The molecule has 0 unspecified atom stereocenters. The Labute approximate surface area is 144 Å². The van der Waals surface area contributed by atoms with E-state index < -0.39 is 5.60 Å². The molecule has 2 rings (SSSR count). The number of carbonyl (C=O) groups excluding carboxylic acids is 1. The predicted octanol–water partition coefficient (Wildman–Crippen LogP) is 1.99. The van der Waals surface area contributed by atoms with Gasteiger partial charge < -0.3 is 14.5 Å². The van der Waals surface area contributed by atoms with Gasteiger partial charge in [0.15, 0.2) is 0 Å². The first-order valence-electron chi connectivity index (χ1n) is 7.64. The van der Waals surface area contributed by atoms with E-state index in [0.717, 1.165) is 18.7 Å². The lowest BCUT2D eigenvalue weighted by atomic mass is 10.2. The van der Waals surface area contributed by atoms with Crippen molar-refractivity contribution >= 4 is 27.7 Å². The van der Waals surface area contributed by atoms with E-state index in [2.05, 4.69) is 25.9 Å². The summed E-state index contributed by atoms with van der Waals surface area (Å²) in [5, 5.41) is 4.08. The molecule has 8 heteroatoms. The second-order valence-corrected chi connectivity index (χ2v) is 7.37. The van der Waals surface area contributed by atoms with E-state index in [4.69, 9.17) is 4.74 Å². The molecule has 1 aliphatic heterocycles. The predicted molar refractivity (Wildman–Crippen MR) is 91.8 cm³/mol. The summed E-state index contributed by atoms with van der Waals surface area (Å²) in [5.74, 6) is 0. The monoisotopic (exact) mass is 386 g/mol. The first-order valence-corrected chi connectivity index (χ1v) is 8.43. The molecular weight excluding hydrogens is 364 g/mol. The molecular formula is C15H23BrN4O3. The van der Waals surface area contributed by atoms with Crippen molar-refractivity contribution in [2.24, 2.45) is 7.05 Å². The van der Waals surface area contributed by atoms with Crippen LogP contribution in [-0.4, -0.2) is 52.6 Å². The summed E-state index contributed by atoms with van der Waals surface area (Å²) in [6.45, 7) is 8.16. The zero-order valence-electron chi connectivity index (χ0n) is 14.0. The molecule has 0 aromatic carbocycles. The summed E-state index contributed by atoms with van der Waals surface area (Å²) in [6.07, 6.45) is 2.19. The number of carbonyl (C=O) groups is 1. The van der Waals surface area contributed by atoms with Crippen molar-refractivity contribution < 1.29 is 9.53 Å². The Hall–Kier alpha value is -1.57. The van der Waals surface area contributed by atoms with E-state index in [-0.39, 0.29) is 11.7 Å². The third-order valence-corrected chi connectivity index (χ3v) is 4.29. The van der Waals surface area contributed by atoms with Crippen LogP contribution in [0.25, 0.3) is 0 Å². The molecule has 0 radical (unpaired) electrons. The Morgan fingerprint density at radius 2 is 1.96 bits per heavy atom. The maximum atomic E-state index is 12.2. The minimum Gasteiger partial charge on any atom is -0.444 e. The number of rotatable bonds is 1. The van der Waals surface area contributed by atoms with Gasteiger partial charge in [0.25, 0.3) is 5.56 Å². The molecule has 23 heavy (non-hydrogen) atoms. The fourth-order valence-corrected chi connectivity index (χ4v) is 3.00. The molecule has 1 amide bonds. The van der Waals surface area contributed by atoms with Crippen LogP contribution in [0.15, 0.2) is 15.5 Å². The summed E-state index contributed by atoms with van der Waals surface area (Å²) >= 11 is 3.36. The van der Waals surface area contributed by atoms with Gasteiger partial charge in [-0.15, -0.1) is 0 Å². The van der Waals surface area contributed by atoms with Crippen LogP contribution in [0.1, 0.15) is 27.2 Å². The number of halogens is 1. The number of anilines is 1. The van der Waals surface area contributed by atoms with E-state index in [1.54, 1.807) is 18.1 Å². The van der Waals surface area contributed by atoms with Gasteiger partial charge in [0, 0.05) is 33.2 Å². The van der Waals surface area contributed by atoms with Crippen molar-refractivity contribution in [2.75, 3.05) is 31.1 Å². The van der Waals surface area contributed by atoms with E-state index in [1.807, 2.05) is 20.8 Å². The van der Waals surface area contributed by atoms with Crippen LogP contribution < -0.4 is 10.5 Å². The molecule has 2 heterocycles. The van der Waals surface area contributed by atoms with E-state index in [1.165, 1.54) is 4.68 Å². The second kappa shape index (κ2) is 6.90. The molecule has 0 saturated carbocycles. The smallest absolute Gasteiger partial charge is 0.410 e. The average Bonchev–Trinajstić information content (AvgIpc) is 2.69. The van der Waals surface area contributed by atoms with Crippen LogP contribution in [0, 0.1) is 0 Å². The second-order valence-electron chi connectivity index (χ2n) is 6.58. The van der Waals surface area contributed by atoms with Gasteiger partial charge in [0.05, 0.1) is 11.9 Å². The Balaban J connectivity index is 2.09. The lowest BCUT2D eigenvalue weighted by Crippen LogP contribution is -2.39. The summed E-state index contributed by atoms with van der Waals surface area (Å²) in [4.78, 5) is 28.0. The highest BCUT2D eigenvalue weighted by atomic mass is 79.9. The first kappa shape index (κ1) is 17.8. The topological polar surface area (TPSA) is 67.7 Å². The number of ether oxygens (including phenoxy) is 1. The minimum atomic E-state index is -0.498. The molecule has 7 nitrogen and oxygen atoms in total. The first-order chi connectivity index (χ1) is 10.7. The number of hydrogen-bond donors (Lipinski definition) is 0. The zero-order valence-corrected chi connectivity index (χ0v) is 15.6. The normalized spacial score (nSPS) is 16.2. The summed E-state index contributed by atoms with van der Waals surface area (Å²) in [7, 11) is 1.61. The van der Waals surface area contributed by atoms with E-state index in [9.17, 15) is 9.59 Å². The third-order valence-electron chi connectivity index (χ3n) is 3.55. The maximum Gasteiger partial charge on any atom is 0.410 e. The van der Waals surface area contributed by atoms with Gasteiger partial charge in [-0.25, -0.2) is 9.48 Å². The quantitative estimate of drug-likeness (QED) is 0.737. The van der Waals surface area contributed by atoms with Gasteiger partial charge >= 0.3 is 6.09 Å². The number of amides is 1. The summed E-state index contributed by atoms with van der Waals surface area (Å²) < 4.78 is 7.22. The lowest BCUT2D eigenvalue weighted by molar-refractivity contribution is 0.0263. The van der Waals surface area contributed by atoms with E-state index >= 15 is 0 Å². The number of aromatic nitrogens is 2. The van der Waals surface area contributed by atoms with Crippen LogP contribution in [0.5, 0.6) is 0 Å². The van der Waals surface area contributed by atoms with Crippen LogP contribution in [0.3, 0.4) is 0 Å². The fourth-order valence-electron chi connectivity index (χ4n) is 2.39. The van der Waals surface area contributed by atoms with Gasteiger partial charge in [-0.1, -0.05) is 0 Å². The molecule has 128 valence electrons. The lowest BCUT2D eigenvalue weighted by Gasteiger charge is -2.27. The Kier molecular flexibility index (Phi) is 5.33. The summed E-state index contributed by atoms with van der Waals surface area (Å²) in [5.41, 5.74) is 0.0941. The van der Waals surface area contributed by atoms with Gasteiger partial charge in [-0.2, -0.15) is 5.10 Å². The molecule has 1 aromatic heterocycles. The van der Waals surface area contributed by atoms with Crippen molar-refractivity contribution in [3.63, 3.8) is 0 Å². The Morgan fingerprint density at radius 3 is 2.61 bits per heavy atom. The van der Waals surface area contributed by atoms with E-state index in [0.29, 0.717) is 24.1 Å². The van der Waals surface area contributed by atoms with Crippen LogP contribution >= 0.6 is 15.9 Å². The van der Waals surface area contributed by atoms with Crippen LogP contribution in [0.4, 0.5) is 10.5 Å². The fraction of sp³-hybridized carbons (Fsp3) is 0.667. The van der Waals surface area contributed by atoms with Gasteiger partial charge in [-0.05, 0) is 43.1 Å². The van der Waals surface area contributed by atoms with Crippen molar-refractivity contribution in [3.05, 3.63) is 21.0 Å². The molecule has 0 spiro atoms. The molecule has 0 N–H and O–H groups in total. The summed E-state index contributed by atoms with van der Waals surface area (Å²) in [6, 6.07) is 0. The largest absolute Gasteiger partial charge is 0.444 e.